The van der Waals surface area contributed by atoms with Gasteiger partial charge in [-0.25, -0.2) is 9.37 Å². The number of carbonyl (C=O) groups excluding carboxylic acids is 1. The number of carbonyl (C=O) groups is 1. The highest BCUT2D eigenvalue weighted by atomic mass is 32.1. The minimum atomic E-state index is -0.283. The number of fused-ring (bicyclic) bond motifs is 1. The number of aromatic nitrogens is 1. The molecule has 0 aliphatic carbocycles. The van der Waals surface area contributed by atoms with Gasteiger partial charge in [-0.3, -0.25) is 9.69 Å². The van der Waals surface area contributed by atoms with Crippen molar-refractivity contribution in [3.63, 3.8) is 0 Å². The van der Waals surface area contributed by atoms with Crippen molar-refractivity contribution >= 4 is 17.2 Å². The summed E-state index contributed by atoms with van der Waals surface area (Å²) >= 11 is 1.67. The number of morpholine rings is 1. The molecule has 2 fully saturated rings. The van der Waals surface area contributed by atoms with Crippen LogP contribution in [0.25, 0.3) is 0 Å². The Morgan fingerprint density at radius 1 is 1.35 bits per heavy atom. The lowest BCUT2D eigenvalue weighted by Crippen LogP contribution is -2.50. The van der Waals surface area contributed by atoms with Gasteiger partial charge < -0.3 is 9.64 Å². The van der Waals surface area contributed by atoms with Crippen LogP contribution in [0.4, 0.5) is 4.39 Å². The van der Waals surface area contributed by atoms with Crippen LogP contribution in [-0.2, 0) is 22.5 Å². The maximum absolute atomic E-state index is 13.0. The zero-order valence-corrected chi connectivity index (χ0v) is 15.5. The molecule has 0 saturated carbocycles. The number of likely N-dealkylation sites (tertiary alicyclic amines) is 1. The van der Waals surface area contributed by atoms with E-state index < -0.39 is 0 Å². The Hall–Kier alpha value is -1.83. The summed E-state index contributed by atoms with van der Waals surface area (Å²) in [5.74, 6) is -0.214. The molecular formula is C19H22FN3O2S. The van der Waals surface area contributed by atoms with Gasteiger partial charge in [-0.2, -0.15) is 0 Å². The van der Waals surface area contributed by atoms with Gasteiger partial charge in [0.2, 0.25) is 5.91 Å². The van der Waals surface area contributed by atoms with Gasteiger partial charge >= 0.3 is 0 Å². The lowest BCUT2D eigenvalue weighted by atomic mass is 10.1. The second-order valence-electron chi connectivity index (χ2n) is 6.91. The number of amides is 1. The molecule has 2 saturated heterocycles. The van der Waals surface area contributed by atoms with Crippen molar-refractivity contribution in [1.82, 2.24) is 14.8 Å². The molecule has 0 radical (unpaired) electrons. The van der Waals surface area contributed by atoms with Gasteiger partial charge in [-0.1, -0.05) is 12.1 Å². The third kappa shape index (κ3) is 3.79. The van der Waals surface area contributed by atoms with E-state index in [-0.39, 0.29) is 23.9 Å². The smallest absolute Gasteiger partial charge is 0.227 e. The molecule has 0 N–H and O–H groups in total. The summed E-state index contributed by atoms with van der Waals surface area (Å²) in [6, 6.07) is 6.34. The van der Waals surface area contributed by atoms with Crippen molar-refractivity contribution in [3.8, 4) is 0 Å². The quantitative estimate of drug-likeness (QED) is 0.822. The molecule has 3 heterocycles. The summed E-state index contributed by atoms with van der Waals surface area (Å²) in [5.41, 5.74) is 1.92. The average Bonchev–Trinajstić information content (AvgIpc) is 3.24. The summed E-state index contributed by atoms with van der Waals surface area (Å²) in [4.78, 5) is 21.5. The van der Waals surface area contributed by atoms with Gasteiger partial charge in [0.1, 0.15) is 5.82 Å². The molecule has 2 aliphatic rings. The van der Waals surface area contributed by atoms with Crippen molar-refractivity contribution in [1.29, 1.82) is 0 Å². The third-order valence-electron chi connectivity index (χ3n) is 5.07. The van der Waals surface area contributed by atoms with E-state index in [1.54, 1.807) is 23.5 Å². The van der Waals surface area contributed by atoms with Gasteiger partial charge in [0, 0.05) is 31.6 Å². The van der Waals surface area contributed by atoms with E-state index in [9.17, 15) is 9.18 Å². The van der Waals surface area contributed by atoms with Crippen molar-refractivity contribution < 1.29 is 13.9 Å². The lowest BCUT2D eigenvalue weighted by Gasteiger charge is -2.36. The third-order valence-corrected chi connectivity index (χ3v) is 5.89. The number of hydrogen-bond donors (Lipinski definition) is 0. The summed E-state index contributed by atoms with van der Waals surface area (Å²) in [5, 5.41) is 3.18. The summed E-state index contributed by atoms with van der Waals surface area (Å²) in [6.07, 6.45) is 0.353. The van der Waals surface area contributed by atoms with Gasteiger partial charge in [-0.15, -0.1) is 11.3 Å². The molecular weight excluding hydrogens is 353 g/mol. The van der Waals surface area contributed by atoms with Crippen molar-refractivity contribution in [3.05, 3.63) is 51.7 Å². The van der Waals surface area contributed by atoms with E-state index >= 15 is 0 Å². The number of thiazole rings is 1. The Morgan fingerprint density at radius 2 is 2.15 bits per heavy atom. The number of ether oxygens (including phenoxy) is 1. The Labute approximate surface area is 156 Å². The molecule has 0 spiro atoms. The highest BCUT2D eigenvalue weighted by Gasteiger charge is 2.41. The minimum absolute atomic E-state index is 0.0562. The molecule has 1 amide bonds. The fourth-order valence-electron chi connectivity index (χ4n) is 3.74. The number of aryl methyl sites for hydroxylation is 1. The lowest BCUT2D eigenvalue weighted by molar-refractivity contribution is -0.129. The van der Waals surface area contributed by atoms with Crippen molar-refractivity contribution in [2.24, 2.45) is 0 Å². The first-order valence-electron chi connectivity index (χ1n) is 8.87. The molecule has 1 aromatic carbocycles. The zero-order valence-electron chi connectivity index (χ0n) is 14.7. The number of benzene rings is 1. The van der Waals surface area contributed by atoms with Crippen LogP contribution in [0.5, 0.6) is 0 Å². The highest BCUT2D eigenvalue weighted by Crippen LogP contribution is 2.25. The van der Waals surface area contributed by atoms with Crippen LogP contribution in [0, 0.1) is 12.7 Å². The Bertz CT molecular complexity index is 779. The van der Waals surface area contributed by atoms with Crippen LogP contribution in [0.3, 0.4) is 0 Å². The van der Waals surface area contributed by atoms with E-state index in [1.807, 2.05) is 11.8 Å². The topological polar surface area (TPSA) is 45.7 Å². The van der Waals surface area contributed by atoms with Gasteiger partial charge in [0.15, 0.2) is 0 Å². The maximum Gasteiger partial charge on any atom is 0.227 e. The molecule has 2 aromatic rings. The zero-order chi connectivity index (χ0) is 18.1. The van der Waals surface area contributed by atoms with Crippen LogP contribution in [-0.4, -0.2) is 59.1 Å². The molecule has 1 aromatic heterocycles. The number of rotatable bonds is 4. The fraction of sp³-hybridized carbons (Fsp3) is 0.474. The average molecular weight is 375 g/mol. The van der Waals surface area contributed by atoms with Crippen LogP contribution in [0.1, 0.15) is 16.3 Å². The normalized spacial score (nSPS) is 23.2. The standard InChI is InChI=1S/C19H22FN3O2S/c1-13-21-16(12-26-13)9-22-6-7-25-18-11-23(10-17(18)22)19(24)8-14-2-4-15(20)5-3-14/h2-5,12,17-18H,6-11H2,1H3/t17-,18+/m1/s1. The summed E-state index contributed by atoms with van der Waals surface area (Å²) < 4.78 is 18.9. The van der Waals surface area contributed by atoms with E-state index in [4.69, 9.17) is 4.74 Å². The molecule has 5 nitrogen and oxygen atoms in total. The van der Waals surface area contributed by atoms with Crippen LogP contribution in [0.15, 0.2) is 29.6 Å². The van der Waals surface area contributed by atoms with Gasteiger partial charge in [0.25, 0.3) is 0 Å². The Kier molecular flexibility index (Phi) is 5.02. The predicted molar refractivity (Wildman–Crippen MR) is 97.5 cm³/mol. The largest absolute Gasteiger partial charge is 0.373 e. The van der Waals surface area contributed by atoms with E-state index in [0.29, 0.717) is 26.1 Å². The molecule has 138 valence electrons. The monoisotopic (exact) mass is 375 g/mol. The molecule has 0 unspecified atom stereocenters. The molecule has 7 heteroatoms. The molecule has 2 atom stereocenters. The van der Waals surface area contributed by atoms with Gasteiger partial charge in [0.05, 0.1) is 35.9 Å². The first kappa shape index (κ1) is 17.6. The number of hydrogen-bond acceptors (Lipinski definition) is 5. The second-order valence-corrected chi connectivity index (χ2v) is 7.97. The van der Waals surface area contributed by atoms with Crippen LogP contribution < -0.4 is 0 Å². The maximum atomic E-state index is 13.0. The van der Waals surface area contributed by atoms with E-state index in [1.165, 1.54) is 12.1 Å². The minimum Gasteiger partial charge on any atom is -0.373 e. The number of halogens is 1. The summed E-state index contributed by atoms with van der Waals surface area (Å²) in [7, 11) is 0. The predicted octanol–water partition coefficient (Wildman–Crippen LogP) is 2.24. The molecule has 2 aliphatic heterocycles. The molecule has 26 heavy (non-hydrogen) atoms. The van der Waals surface area contributed by atoms with Gasteiger partial charge in [-0.05, 0) is 24.6 Å². The summed E-state index contributed by atoms with van der Waals surface area (Å²) in [6.45, 7) is 5.66. The Morgan fingerprint density at radius 3 is 2.88 bits per heavy atom. The fourth-order valence-corrected chi connectivity index (χ4v) is 4.34. The van der Waals surface area contributed by atoms with Crippen molar-refractivity contribution in [2.45, 2.75) is 32.0 Å². The molecule has 4 rings (SSSR count). The van der Waals surface area contributed by atoms with E-state index in [0.717, 1.165) is 29.4 Å². The molecule has 0 bridgehead atoms. The highest BCUT2D eigenvalue weighted by molar-refractivity contribution is 7.09. The van der Waals surface area contributed by atoms with Crippen LogP contribution in [0.2, 0.25) is 0 Å². The first-order valence-corrected chi connectivity index (χ1v) is 9.75. The van der Waals surface area contributed by atoms with E-state index in [2.05, 4.69) is 15.3 Å². The second kappa shape index (κ2) is 7.42. The SMILES string of the molecule is Cc1nc(CN2CCO[C@H]3CN(C(=O)Cc4ccc(F)cc4)C[C@H]32)cs1. The van der Waals surface area contributed by atoms with Crippen molar-refractivity contribution in [2.75, 3.05) is 26.2 Å². The number of nitrogens with zero attached hydrogens (tertiary/aromatic N) is 3. The Balaban J connectivity index is 1.40. The van der Waals surface area contributed by atoms with Crippen LogP contribution >= 0.6 is 11.3 Å². The first-order chi connectivity index (χ1) is 12.6.